The lowest BCUT2D eigenvalue weighted by Crippen LogP contribution is -2.48. The molecule has 1 aliphatic rings. The Morgan fingerprint density at radius 2 is 1.90 bits per heavy atom. The third-order valence-corrected chi connectivity index (χ3v) is 7.35. The van der Waals surface area contributed by atoms with Crippen LogP contribution in [0.3, 0.4) is 0 Å². The number of sulfonamides is 1. The summed E-state index contributed by atoms with van der Waals surface area (Å²) in [6.45, 7) is 11.5. The summed E-state index contributed by atoms with van der Waals surface area (Å²) in [5, 5.41) is 4.07. The fraction of sp³-hybridized carbons (Fsp3) is 0.650. The Kier molecular flexibility index (Phi) is 11.9. The largest absolute Gasteiger partial charge is 0.357 e. The van der Waals surface area contributed by atoms with E-state index in [-0.39, 0.29) is 35.8 Å². The molecule has 2 N–H and O–H groups in total. The van der Waals surface area contributed by atoms with Gasteiger partial charge in [-0.1, -0.05) is 31.2 Å². The van der Waals surface area contributed by atoms with Crippen molar-refractivity contribution in [1.29, 1.82) is 0 Å². The van der Waals surface area contributed by atoms with E-state index in [9.17, 15) is 8.42 Å². The van der Waals surface area contributed by atoms with Crippen molar-refractivity contribution in [3.8, 4) is 0 Å². The van der Waals surface area contributed by atoms with Crippen molar-refractivity contribution < 1.29 is 8.42 Å². The third-order valence-electron chi connectivity index (χ3n) is 4.43. The SMILES string of the molecule is CCNC(=NCc1ccc(CS(=O)(=O)NC(C)C)cc1)N1CCSC(CC)C1.I. The summed E-state index contributed by atoms with van der Waals surface area (Å²) < 4.78 is 26.7. The quantitative estimate of drug-likeness (QED) is 0.293. The highest BCUT2D eigenvalue weighted by Crippen LogP contribution is 2.21. The van der Waals surface area contributed by atoms with Crippen LogP contribution in [-0.2, 0) is 22.3 Å². The highest BCUT2D eigenvalue weighted by Gasteiger charge is 2.21. The molecular weight excluding hydrogens is 519 g/mol. The van der Waals surface area contributed by atoms with Crippen molar-refractivity contribution in [3.63, 3.8) is 0 Å². The summed E-state index contributed by atoms with van der Waals surface area (Å²) in [5.41, 5.74) is 1.86. The molecule has 0 aliphatic carbocycles. The van der Waals surface area contributed by atoms with Gasteiger partial charge in [-0.25, -0.2) is 18.1 Å². The van der Waals surface area contributed by atoms with Gasteiger partial charge in [0.2, 0.25) is 10.0 Å². The summed E-state index contributed by atoms with van der Waals surface area (Å²) in [5.74, 6) is 2.10. The fourth-order valence-electron chi connectivity index (χ4n) is 3.11. The van der Waals surface area contributed by atoms with Gasteiger partial charge in [0.1, 0.15) is 0 Å². The standard InChI is InChI=1S/C20H34N4O2S2.HI/c1-5-19-14-24(11-12-27-19)20(21-6-2)22-13-17-7-9-18(10-8-17)15-28(25,26)23-16(3)4;/h7-10,16,19,23H,5-6,11-15H2,1-4H3,(H,21,22);1H. The van der Waals surface area contributed by atoms with E-state index in [0.717, 1.165) is 42.5 Å². The molecule has 6 nitrogen and oxygen atoms in total. The van der Waals surface area contributed by atoms with E-state index in [4.69, 9.17) is 4.99 Å². The van der Waals surface area contributed by atoms with Crippen LogP contribution in [0.25, 0.3) is 0 Å². The Labute approximate surface area is 197 Å². The van der Waals surface area contributed by atoms with E-state index in [2.05, 4.69) is 28.8 Å². The van der Waals surface area contributed by atoms with Gasteiger partial charge in [0.15, 0.2) is 5.96 Å². The molecule has 1 aliphatic heterocycles. The van der Waals surface area contributed by atoms with Crippen LogP contribution in [0.15, 0.2) is 29.3 Å². The zero-order chi connectivity index (χ0) is 20.6. The average Bonchev–Trinajstić information content (AvgIpc) is 2.65. The lowest BCUT2D eigenvalue weighted by molar-refractivity contribution is 0.408. The van der Waals surface area contributed by atoms with E-state index >= 15 is 0 Å². The predicted molar refractivity (Wildman–Crippen MR) is 136 cm³/mol. The lowest BCUT2D eigenvalue weighted by Gasteiger charge is -2.34. The first kappa shape index (κ1) is 26.5. The molecule has 0 saturated carbocycles. The van der Waals surface area contributed by atoms with Crippen LogP contribution in [0.5, 0.6) is 0 Å². The van der Waals surface area contributed by atoms with Crippen LogP contribution < -0.4 is 10.0 Å². The van der Waals surface area contributed by atoms with E-state index < -0.39 is 10.0 Å². The van der Waals surface area contributed by atoms with Crippen LogP contribution in [0.2, 0.25) is 0 Å². The molecule has 2 rings (SSSR count). The second kappa shape index (κ2) is 13.0. The number of rotatable bonds is 8. The smallest absolute Gasteiger partial charge is 0.216 e. The van der Waals surface area contributed by atoms with Crippen molar-refractivity contribution in [2.45, 2.75) is 57.7 Å². The molecule has 1 atom stereocenters. The van der Waals surface area contributed by atoms with Crippen molar-refractivity contribution in [3.05, 3.63) is 35.4 Å². The molecule has 0 amide bonds. The average molecular weight is 555 g/mol. The minimum atomic E-state index is -3.30. The summed E-state index contributed by atoms with van der Waals surface area (Å²) in [4.78, 5) is 7.17. The number of nitrogens with zero attached hydrogens (tertiary/aromatic N) is 2. The zero-order valence-electron chi connectivity index (χ0n) is 17.8. The van der Waals surface area contributed by atoms with Gasteiger partial charge in [-0.15, -0.1) is 24.0 Å². The van der Waals surface area contributed by atoms with Crippen LogP contribution >= 0.6 is 35.7 Å². The molecule has 166 valence electrons. The van der Waals surface area contributed by atoms with Gasteiger partial charge in [0.05, 0.1) is 12.3 Å². The summed E-state index contributed by atoms with van der Waals surface area (Å²) in [6.07, 6.45) is 1.18. The number of halogens is 1. The minimum Gasteiger partial charge on any atom is -0.357 e. The summed E-state index contributed by atoms with van der Waals surface area (Å²) in [7, 11) is -3.30. The number of thioether (sulfide) groups is 1. The topological polar surface area (TPSA) is 73.8 Å². The van der Waals surface area contributed by atoms with Gasteiger partial charge >= 0.3 is 0 Å². The number of hydrogen-bond donors (Lipinski definition) is 2. The first-order valence-electron chi connectivity index (χ1n) is 10.1. The molecule has 1 saturated heterocycles. The van der Waals surface area contributed by atoms with Crippen LogP contribution in [0.1, 0.15) is 45.2 Å². The third kappa shape index (κ3) is 9.44. The minimum absolute atomic E-state index is 0. The summed E-state index contributed by atoms with van der Waals surface area (Å²) >= 11 is 2.05. The second-order valence-corrected chi connectivity index (χ2v) is 10.5. The van der Waals surface area contributed by atoms with E-state index in [1.807, 2.05) is 49.9 Å². The maximum atomic E-state index is 12.1. The van der Waals surface area contributed by atoms with E-state index in [1.54, 1.807) is 0 Å². The first-order chi connectivity index (χ1) is 13.3. The van der Waals surface area contributed by atoms with Crippen molar-refractivity contribution in [2.24, 2.45) is 4.99 Å². The number of nitrogens with one attached hydrogen (secondary N) is 2. The van der Waals surface area contributed by atoms with Crippen LogP contribution in [0, 0.1) is 0 Å². The molecule has 0 aromatic heterocycles. The van der Waals surface area contributed by atoms with Crippen molar-refractivity contribution in [1.82, 2.24) is 14.9 Å². The number of hydrogen-bond acceptors (Lipinski definition) is 4. The monoisotopic (exact) mass is 554 g/mol. The fourth-order valence-corrected chi connectivity index (χ4v) is 5.72. The molecule has 0 bridgehead atoms. The Balaban J connectivity index is 0.00000420. The van der Waals surface area contributed by atoms with Gasteiger partial charge < -0.3 is 10.2 Å². The van der Waals surface area contributed by atoms with Crippen molar-refractivity contribution in [2.75, 3.05) is 25.4 Å². The molecule has 0 spiro atoms. The maximum Gasteiger partial charge on any atom is 0.216 e. The Bertz CT molecular complexity index is 739. The highest BCUT2D eigenvalue weighted by molar-refractivity contribution is 14.0. The lowest BCUT2D eigenvalue weighted by atomic mass is 10.1. The Morgan fingerprint density at radius 3 is 2.48 bits per heavy atom. The summed E-state index contributed by atoms with van der Waals surface area (Å²) in [6, 6.07) is 7.59. The molecule has 1 aromatic carbocycles. The van der Waals surface area contributed by atoms with Crippen molar-refractivity contribution >= 4 is 51.7 Å². The van der Waals surface area contributed by atoms with Gasteiger partial charge in [-0.2, -0.15) is 11.8 Å². The number of benzene rings is 1. The van der Waals surface area contributed by atoms with Gasteiger partial charge in [-0.3, -0.25) is 0 Å². The van der Waals surface area contributed by atoms with E-state index in [0.29, 0.717) is 11.8 Å². The van der Waals surface area contributed by atoms with Gasteiger partial charge in [0, 0.05) is 36.7 Å². The zero-order valence-corrected chi connectivity index (χ0v) is 21.8. The molecule has 9 heteroatoms. The maximum absolute atomic E-state index is 12.1. The molecule has 29 heavy (non-hydrogen) atoms. The number of guanidine groups is 1. The van der Waals surface area contributed by atoms with Gasteiger partial charge in [0.25, 0.3) is 0 Å². The molecule has 1 aromatic rings. The molecule has 0 radical (unpaired) electrons. The number of aliphatic imine (C=N–C) groups is 1. The Hall–Kier alpha value is -0.520. The van der Waals surface area contributed by atoms with Crippen LogP contribution in [-0.4, -0.2) is 56.0 Å². The molecule has 1 unspecified atom stereocenters. The van der Waals surface area contributed by atoms with E-state index in [1.165, 1.54) is 6.42 Å². The van der Waals surface area contributed by atoms with Crippen LogP contribution in [0.4, 0.5) is 0 Å². The Morgan fingerprint density at radius 1 is 1.24 bits per heavy atom. The first-order valence-corrected chi connectivity index (χ1v) is 12.8. The predicted octanol–water partition coefficient (Wildman–Crippen LogP) is 3.43. The molecular formula is C20H35IN4O2S2. The molecule has 1 heterocycles. The normalized spacial score (nSPS) is 17.9. The highest BCUT2D eigenvalue weighted by atomic mass is 127. The second-order valence-electron chi connectivity index (χ2n) is 7.37. The van der Waals surface area contributed by atoms with Gasteiger partial charge in [-0.05, 0) is 38.3 Å². The molecule has 1 fully saturated rings.